The van der Waals surface area contributed by atoms with Crippen molar-refractivity contribution in [2.75, 3.05) is 0 Å². The average molecular weight is 524 g/mol. The van der Waals surface area contributed by atoms with Gasteiger partial charge in [-0.3, -0.25) is 14.4 Å². The first-order valence-corrected chi connectivity index (χ1v) is 12.4. The molecule has 0 saturated heterocycles. The number of carbonyl (C=O) groups excluding carboxylic acids is 4. The predicted octanol–water partition coefficient (Wildman–Crippen LogP) is 3.59. The molecule has 4 heterocycles. The fourth-order valence-corrected chi connectivity index (χ4v) is 4.09. The Kier molecular flexibility index (Phi) is 10.9. The number of primary amides is 1. The van der Waals surface area contributed by atoms with Gasteiger partial charge in [0.2, 0.25) is 12.5 Å². The van der Waals surface area contributed by atoms with E-state index in [1.807, 2.05) is 51.1 Å². The first-order chi connectivity index (χ1) is 18.2. The third kappa shape index (κ3) is 6.70. The zero-order valence-corrected chi connectivity index (χ0v) is 22.3. The molecule has 202 valence electrons. The first kappa shape index (κ1) is 29.9. The summed E-state index contributed by atoms with van der Waals surface area (Å²) in [6.45, 7) is 9.10. The van der Waals surface area contributed by atoms with Crippen molar-refractivity contribution >= 4 is 35.0 Å². The van der Waals surface area contributed by atoms with Gasteiger partial charge in [-0.2, -0.15) is 0 Å². The van der Waals surface area contributed by atoms with Crippen LogP contribution in [0.1, 0.15) is 70.3 Å². The second-order valence-corrected chi connectivity index (χ2v) is 8.23. The number of esters is 2. The molecule has 5 rings (SSSR count). The van der Waals surface area contributed by atoms with E-state index in [1.54, 1.807) is 17.6 Å². The van der Waals surface area contributed by atoms with E-state index < -0.39 is 18.0 Å². The number of hydrogen-bond acceptors (Lipinski definition) is 8. The van der Waals surface area contributed by atoms with E-state index in [0.717, 1.165) is 29.3 Å². The third-order valence-corrected chi connectivity index (χ3v) is 5.55. The average Bonchev–Trinajstić information content (AvgIpc) is 3.24. The number of ether oxygens (including phenoxy) is 2. The molecule has 38 heavy (non-hydrogen) atoms. The van der Waals surface area contributed by atoms with Crippen molar-refractivity contribution in [1.82, 2.24) is 9.55 Å². The summed E-state index contributed by atoms with van der Waals surface area (Å²) in [5, 5.41) is 0.998. The normalized spacial score (nSPS) is 13.9. The number of carbonyl (C=O) groups is 4. The SMILES string of the molecule is CC.CC(=O)OC1C(=O)OCc2c1cc1n(c2=O)Cc2cc3ccccc3nc2-1.CCCC(C)=O.NC=O. The van der Waals surface area contributed by atoms with Gasteiger partial charge in [0, 0.05) is 29.9 Å². The number of rotatable bonds is 3. The van der Waals surface area contributed by atoms with Gasteiger partial charge in [-0.25, -0.2) is 9.78 Å². The van der Waals surface area contributed by atoms with Crippen LogP contribution in [0.25, 0.3) is 22.3 Å². The third-order valence-electron chi connectivity index (χ3n) is 5.55. The van der Waals surface area contributed by atoms with Crippen LogP contribution in [0, 0.1) is 0 Å². The lowest BCUT2D eigenvalue weighted by molar-refractivity contribution is -0.170. The molecule has 10 heteroatoms. The molecule has 0 saturated carbocycles. The highest BCUT2D eigenvalue weighted by Crippen LogP contribution is 2.36. The van der Waals surface area contributed by atoms with Crippen LogP contribution in [0.3, 0.4) is 0 Å². The first-order valence-electron chi connectivity index (χ1n) is 12.4. The Morgan fingerprint density at radius 3 is 2.42 bits per heavy atom. The molecule has 1 aromatic carbocycles. The molecule has 2 N–H and O–H groups in total. The number of fused-ring (bicyclic) bond motifs is 5. The molecule has 0 fully saturated rings. The van der Waals surface area contributed by atoms with Crippen LogP contribution in [-0.4, -0.2) is 33.7 Å². The number of pyridine rings is 2. The molecule has 1 atom stereocenters. The van der Waals surface area contributed by atoms with E-state index in [4.69, 9.17) is 19.3 Å². The van der Waals surface area contributed by atoms with Gasteiger partial charge in [0.05, 0.1) is 29.0 Å². The summed E-state index contributed by atoms with van der Waals surface area (Å²) in [4.78, 5) is 59.8. The second-order valence-electron chi connectivity index (χ2n) is 8.23. The lowest BCUT2D eigenvalue weighted by Crippen LogP contribution is -2.34. The fourth-order valence-electron chi connectivity index (χ4n) is 4.09. The van der Waals surface area contributed by atoms with Gasteiger partial charge >= 0.3 is 11.9 Å². The molecular formula is C28H33N3O7. The summed E-state index contributed by atoms with van der Waals surface area (Å²) in [5.41, 5.74) is 7.70. The molecule has 2 aliphatic heterocycles. The molecule has 1 unspecified atom stereocenters. The van der Waals surface area contributed by atoms with Gasteiger partial charge in [0.15, 0.2) is 0 Å². The Morgan fingerprint density at radius 2 is 1.84 bits per heavy atom. The minimum absolute atomic E-state index is 0.128. The van der Waals surface area contributed by atoms with Crippen LogP contribution < -0.4 is 11.3 Å². The van der Waals surface area contributed by atoms with Crippen LogP contribution in [0.4, 0.5) is 0 Å². The maximum absolute atomic E-state index is 13.0. The number of nitrogens with two attached hydrogens (primary N) is 1. The second kappa shape index (κ2) is 13.8. The molecule has 0 radical (unpaired) electrons. The lowest BCUT2D eigenvalue weighted by atomic mass is 10.00. The lowest BCUT2D eigenvalue weighted by Gasteiger charge is -2.24. The maximum atomic E-state index is 13.0. The number of nitrogens with zero attached hydrogens (tertiary/aromatic N) is 2. The number of benzene rings is 1. The summed E-state index contributed by atoms with van der Waals surface area (Å²) in [5.74, 6) is -1.00. The van der Waals surface area contributed by atoms with Crippen LogP contribution in [0.5, 0.6) is 0 Å². The van der Waals surface area contributed by atoms with Crippen LogP contribution in [0.15, 0.2) is 41.2 Å². The van der Waals surface area contributed by atoms with Crippen molar-refractivity contribution in [2.24, 2.45) is 5.73 Å². The van der Waals surface area contributed by atoms with E-state index in [9.17, 15) is 19.2 Å². The molecule has 0 bridgehead atoms. The van der Waals surface area contributed by atoms with Crippen molar-refractivity contribution in [3.8, 4) is 11.4 Å². The highest BCUT2D eigenvalue weighted by Gasteiger charge is 2.36. The standard InChI is InChI=1S/C20H14N2O5.C5H10O.C2H6.CH3NO/c1-10(23)27-18-13-7-16-17-12(6-11-4-2-3-5-15(11)21-17)8-22(16)19(24)14(13)9-26-20(18)25;1-3-4-5(2)6;1-2;2-1-3/h2-7,18H,8-9H2,1H3;3-4H2,1-2H3;1-2H3;1H,(H2,2,3). The Balaban J connectivity index is 0.000000398. The van der Waals surface area contributed by atoms with Gasteiger partial charge in [-0.05, 0) is 31.5 Å². The molecule has 2 aromatic heterocycles. The monoisotopic (exact) mass is 523 g/mol. The van der Waals surface area contributed by atoms with Crippen molar-refractivity contribution < 1.29 is 28.7 Å². The number of para-hydroxylation sites is 1. The Morgan fingerprint density at radius 1 is 1.18 bits per heavy atom. The Bertz CT molecular complexity index is 1400. The molecule has 2 aliphatic rings. The fraction of sp³-hybridized carbons (Fsp3) is 0.357. The van der Waals surface area contributed by atoms with Gasteiger partial charge in [0.25, 0.3) is 5.56 Å². The largest absolute Gasteiger partial charge is 0.458 e. The van der Waals surface area contributed by atoms with E-state index >= 15 is 0 Å². The molecule has 0 aliphatic carbocycles. The summed E-state index contributed by atoms with van der Waals surface area (Å²) in [6.07, 6.45) is 0.740. The minimum Gasteiger partial charge on any atom is -0.458 e. The van der Waals surface area contributed by atoms with E-state index in [0.29, 0.717) is 29.1 Å². The van der Waals surface area contributed by atoms with E-state index in [1.165, 1.54) is 6.92 Å². The van der Waals surface area contributed by atoms with Crippen LogP contribution >= 0.6 is 0 Å². The van der Waals surface area contributed by atoms with Crippen molar-refractivity contribution in [3.63, 3.8) is 0 Å². The van der Waals surface area contributed by atoms with E-state index in [-0.39, 0.29) is 24.4 Å². The van der Waals surface area contributed by atoms with Crippen LogP contribution in [0.2, 0.25) is 0 Å². The summed E-state index contributed by atoms with van der Waals surface area (Å²) in [6, 6.07) is 11.5. The number of ketones is 1. The number of hydrogen-bond donors (Lipinski definition) is 1. The summed E-state index contributed by atoms with van der Waals surface area (Å²) < 4.78 is 11.8. The molecule has 3 aromatic rings. The minimum atomic E-state index is -1.23. The molecule has 1 amide bonds. The molecule has 10 nitrogen and oxygen atoms in total. The van der Waals surface area contributed by atoms with Crippen LogP contribution in [-0.2, 0) is 41.8 Å². The number of aromatic nitrogens is 2. The predicted molar refractivity (Wildman–Crippen MR) is 142 cm³/mol. The molecular weight excluding hydrogens is 490 g/mol. The summed E-state index contributed by atoms with van der Waals surface area (Å²) >= 11 is 0. The number of Topliss-reactive ketones (excluding diaryl/α,β-unsaturated/α-hetero) is 1. The smallest absolute Gasteiger partial charge is 0.352 e. The van der Waals surface area contributed by atoms with Crippen molar-refractivity contribution in [3.05, 3.63) is 63.4 Å². The van der Waals surface area contributed by atoms with Gasteiger partial charge in [-0.1, -0.05) is 39.0 Å². The Hall–Kier alpha value is -4.34. The maximum Gasteiger partial charge on any atom is 0.352 e. The molecule has 0 spiro atoms. The topological polar surface area (TPSA) is 148 Å². The highest BCUT2D eigenvalue weighted by molar-refractivity contribution is 5.85. The van der Waals surface area contributed by atoms with Gasteiger partial charge < -0.3 is 24.6 Å². The Labute approximate surface area is 220 Å². The quantitative estimate of drug-likeness (QED) is 0.316. The van der Waals surface area contributed by atoms with Gasteiger partial charge in [0.1, 0.15) is 12.4 Å². The van der Waals surface area contributed by atoms with Crippen molar-refractivity contribution in [2.45, 2.75) is 66.7 Å². The van der Waals surface area contributed by atoms with Gasteiger partial charge in [-0.15, -0.1) is 0 Å². The van der Waals surface area contributed by atoms with E-state index in [2.05, 4.69) is 5.73 Å². The number of cyclic esters (lactones) is 1. The zero-order chi connectivity index (χ0) is 28.4. The number of amides is 1. The highest BCUT2D eigenvalue weighted by atomic mass is 16.6. The zero-order valence-electron chi connectivity index (χ0n) is 22.3. The van der Waals surface area contributed by atoms with Crippen molar-refractivity contribution in [1.29, 1.82) is 0 Å². The summed E-state index contributed by atoms with van der Waals surface area (Å²) in [7, 11) is 0.